The summed E-state index contributed by atoms with van der Waals surface area (Å²) in [4.78, 5) is 17.3. The quantitative estimate of drug-likeness (QED) is 0.708. The van der Waals surface area contributed by atoms with Crippen molar-refractivity contribution in [2.75, 3.05) is 13.2 Å². The SMILES string of the molecule is CC(OCC1CCCO1)C(=O)OC(C)c1nc(-c2cccs2)no1. The van der Waals surface area contributed by atoms with Crippen LogP contribution in [-0.2, 0) is 19.0 Å². The van der Waals surface area contributed by atoms with Crippen molar-refractivity contribution in [2.45, 2.75) is 45.0 Å². The fourth-order valence-electron chi connectivity index (χ4n) is 2.32. The molecule has 130 valence electrons. The van der Waals surface area contributed by atoms with E-state index in [0.717, 1.165) is 24.3 Å². The minimum Gasteiger partial charge on any atom is -0.451 e. The number of carbonyl (C=O) groups is 1. The van der Waals surface area contributed by atoms with E-state index in [2.05, 4.69) is 10.1 Å². The van der Waals surface area contributed by atoms with E-state index < -0.39 is 18.2 Å². The minimum absolute atomic E-state index is 0.0713. The van der Waals surface area contributed by atoms with Crippen LogP contribution in [0.15, 0.2) is 22.0 Å². The van der Waals surface area contributed by atoms with Crippen LogP contribution in [0.25, 0.3) is 10.7 Å². The highest BCUT2D eigenvalue weighted by molar-refractivity contribution is 7.13. The molecule has 0 aliphatic carbocycles. The summed E-state index contributed by atoms with van der Waals surface area (Å²) in [5.41, 5.74) is 0. The zero-order valence-electron chi connectivity index (χ0n) is 13.6. The second kappa shape index (κ2) is 7.87. The Hall–Kier alpha value is -1.77. The number of thiophene rings is 1. The van der Waals surface area contributed by atoms with E-state index >= 15 is 0 Å². The molecule has 1 fully saturated rings. The molecule has 0 bridgehead atoms. The number of carbonyl (C=O) groups excluding carboxylic acids is 1. The summed E-state index contributed by atoms with van der Waals surface area (Å²) in [5.74, 6) is 0.292. The van der Waals surface area contributed by atoms with Crippen molar-refractivity contribution < 1.29 is 23.5 Å². The summed E-state index contributed by atoms with van der Waals surface area (Å²) in [7, 11) is 0. The maximum Gasteiger partial charge on any atom is 0.335 e. The Balaban J connectivity index is 1.50. The number of hydrogen-bond donors (Lipinski definition) is 0. The first-order valence-electron chi connectivity index (χ1n) is 7.94. The van der Waals surface area contributed by atoms with E-state index in [0.29, 0.717) is 12.4 Å². The molecule has 3 unspecified atom stereocenters. The molecule has 2 aromatic heterocycles. The Labute approximate surface area is 143 Å². The number of nitrogens with zero attached hydrogens (tertiary/aromatic N) is 2. The Bertz CT molecular complexity index is 651. The number of ether oxygens (including phenoxy) is 3. The summed E-state index contributed by atoms with van der Waals surface area (Å²) < 4.78 is 21.5. The van der Waals surface area contributed by atoms with Crippen LogP contribution in [0.5, 0.6) is 0 Å². The van der Waals surface area contributed by atoms with E-state index in [9.17, 15) is 4.79 Å². The van der Waals surface area contributed by atoms with Gasteiger partial charge in [-0.3, -0.25) is 0 Å². The van der Waals surface area contributed by atoms with Crippen LogP contribution in [0.2, 0.25) is 0 Å². The van der Waals surface area contributed by atoms with Crippen LogP contribution in [-0.4, -0.2) is 41.5 Å². The molecule has 0 aromatic carbocycles. The maximum absolute atomic E-state index is 12.1. The molecular weight excluding hydrogens is 332 g/mol. The van der Waals surface area contributed by atoms with Crippen LogP contribution < -0.4 is 0 Å². The number of esters is 1. The van der Waals surface area contributed by atoms with Gasteiger partial charge in [0.2, 0.25) is 5.82 Å². The zero-order valence-corrected chi connectivity index (χ0v) is 14.5. The van der Waals surface area contributed by atoms with Crippen LogP contribution in [0.3, 0.4) is 0 Å². The van der Waals surface area contributed by atoms with Crippen molar-refractivity contribution in [1.29, 1.82) is 0 Å². The molecule has 0 amide bonds. The van der Waals surface area contributed by atoms with Crippen molar-refractivity contribution in [3.8, 4) is 10.7 Å². The van der Waals surface area contributed by atoms with Gasteiger partial charge in [0.15, 0.2) is 12.2 Å². The van der Waals surface area contributed by atoms with E-state index in [-0.39, 0.29) is 12.0 Å². The number of aromatic nitrogens is 2. The van der Waals surface area contributed by atoms with Crippen molar-refractivity contribution in [3.05, 3.63) is 23.4 Å². The first-order valence-corrected chi connectivity index (χ1v) is 8.82. The smallest absolute Gasteiger partial charge is 0.335 e. The van der Waals surface area contributed by atoms with E-state index in [1.807, 2.05) is 17.5 Å². The average molecular weight is 352 g/mol. The molecule has 1 aliphatic heterocycles. The van der Waals surface area contributed by atoms with Gasteiger partial charge in [-0.25, -0.2) is 4.79 Å². The van der Waals surface area contributed by atoms with Gasteiger partial charge in [-0.05, 0) is 38.1 Å². The molecule has 0 radical (unpaired) electrons. The van der Waals surface area contributed by atoms with Crippen molar-refractivity contribution in [1.82, 2.24) is 10.1 Å². The molecule has 0 spiro atoms. The molecule has 3 rings (SSSR count). The second-order valence-electron chi connectivity index (χ2n) is 5.62. The molecular formula is C16H20N2O5S. The largest absolute Gasteiger partial charge is 0.451 e. The van der Waals surface area contributed by atoms with Gasteiger partial charge in [0.05, 0.1) is 17.6 Å². The average Bonchev–Trinajstić information content (AvgIpc) is 3.34. The first kappa shape index (κ1) is 17.1. The third-order valence-corrected chi connectivity index (χ3v) is 4.58. The van der Waals surface area contributed by atoms with Gasteiger partial charge in [-0.1, -0.05) is 11.2 Å². The normalized spacial score (nSPS) is 20.0. The molecule has 3 heterocycles. The minimum atomic E-state index is -0.670. The lowest BCUT2D eigenvalue weighted by Crippen LogP contribution is -2.28. The summed E-state index contributed by atoms with van der Waals surface area (Å²) in [5, 5.41) is 5.84. The van der Waals surface area contributed by atoms with Gasteiger partial charge in [0.1, 0.15) is 0 Å². The van der Waals surface area contributed by atoms with Gasteiger partial charge in [0.25, 0.3) is 5.89 Å². The number of rotatable bonds is 7. The fourth-order valence-corrected chi connectivity index (χ4v) is 2.97. The predicted octanol–water partition coefficient (Wildman–Crippen LogP) is 2.99. The molecule has 0 N–H and O–H groups in total. The fraction of sp³-hybridized carbons (Fsp3) is 0.562. The molecule has 1 saturated heterocycles. The lowest BCUT2D eigenvalue weighted by atomic mass is 10.2. The lowest BCUT2D eigenvalue weighted by Gasteiger charge is -2.17. The summed E-state index contributed by atoms with van der Waals surface area (Å²) >= 11 is 1.51. The summed E-state index contributed by atoms with van der Waals surface area (Å²) in [6, 6.07) is 3.81. The molecule has 3 atom stereocenters. The maximum atomic E-state index is 12.1. The predicted molar refractivity (Wildman–Crippen MR) is 86.5 cm³/mol. The zero-order chi connectivity index (χ0) is 16.9. The standard InChI is InChI=1S/C16H20N2O5S/c1-10(15-17-14(18-23-15)13-6-4-8-24-13)22-16(19)11(2)21-9-12-5-3-7-20-12/h4,6,8,10-12H,3,5,7,9H2,1-2H3. The molecule has 7 nitrogen and oxygen atoms in total. The Kier molecular flexibility index (Phi) is 5.60. The van der Waals surface area contributed by atoms with E-state index in [4.69, 9.17) is 18.7 Å². The van der Waals surface area contributed by atoms with Crippen LogP contribution in [0, 0.1) is 0 Å². The van der Waals surface area contributed by atoms with E-state index in [1.165, 1.54) is 11.3 Å². The van der Waals surface area contributed by atoms with Crippen LogP contribution >= 0.6 is 11.3 Å². The Morgan fingerprint density at radius 1 is 1.50 bits per heavy atom. The van der Waals surface area contributed by atoms with E-state index in [1.54, 1.807) is 13.8 Å². The Morgan fingerprint density at radius 3 is 3.08 bits per heavy atom. The molecule has 8 heteroatoms. The van der Waals surface area contributed by atoms with Crippen molar-refractivity contribution >= 4 is 17.3 Å². The third kappa shape index (κ3) is 4.19. The molecule has 0 saturated carbocycles. The molecule has 24 heavy (non-hydrogen) atoms. The van der Waals surface area contributed by atoms with Gasteiger partial charge >= 0.3 is 5.97 Å². The molecule has 2 aromatic rings. The number of hydrogen-bond acceptors (Lipinski definition) is 8. The summed E-state index contributed by atoms with van der Waals surface area (Å²) in [6.07, 6.45) is 0.769. The van der Waals surface area contributed by atoms with Crippen LogP contribution in [0.1, 0.15) is 38.7 Å². The highest BCUT2D eigenvalue weighted by atomic mass is 32.1. The van der Waals surface area contributed by atoms with Gasteiger partial charge < -0.3 is 18.7 Å². The summed E-state index contributed by atoms with van der Waals surface area (Å²) in [6.45, 7) is 4.51. The highest BCUT2D eigenvalue weighted by Gasteiger charge is 2.25. The van der Waals surface area contributed by atoms with Crippen LogP contribution in [0.4, 0.5) is 0 Å². The van der Waals surface area contributed by atoms with Crippen molar-refractivity contribution in [2.24, 2.45) is 0 Å². The topological polar surface area (TPSA) is 83.7 Å². The first-order chi connectivity index (χ1) is 11.6. The van der Waals surface area contributed by atoms with Gasteiger partial charge in [-0.2, -0.15) is 4.98 Å². The molecule has 1 aliphatic rings. The lowest BCUT2D eigenvalue weighted by molar-refractivity contribution is -0.164. The highest BCUT2D eigenvalue weighted by Crippen LogP contribution is 2.24. The third-order valence-electron chi connectivity index (χ3n) is 3.71. The Morgan fingerprint density at radius 2 is 2.38 bits per heavy atom. The monoisotopic (exact) mass is 352 g/mol. The van der Waals surface area contributed by atoms with Crippen molar-refractivity contribution in [3.63, 3.8) is 0 Å². The second-order valence-corrected chi connectivity index (χ2v) is 6.57. The van der Waals surface area contributed by atoms with Gasteiger partial charge in [-0.15, -0.1) is 11.3 Å². The van der Waals surface area contributed by atoms with Gasteiger partial charge in [0, 0.05) is 6.61 Å².